The SMILES string of the molecule is O=c1[nH]c(CSC2CCC(OCCO)CC2)nc2cc(OCC3CC3)cc(F)c12. The molecule has 0 atom stereocenters. The lowest BCUT2D eigenvalue weighted by Crippen LogP contribution is -2.24. The van der Waals surface area contributed by atoms with Crippen LogP contribution in [0.3, 0.4) is 0 Å². The van der Waals surface area contributed by atoms with E-state index < -0.39 is 11.4 Å². The number of rotatable bonds is 9. The summed E-state index contributed by atoms with van der Waals surface area (Å²) in [4.78, 5) is 19.6. The van der Waals surface area contributed by atoms with Crippen molar-refractivity contribution in [2.45, 2.75) is 55.6 Å². The summed E-state index contributed by atoms with van der Waals surface area (Å²) in [5.74, 6) is 1.54. The van der Waals surface area contributed by atoms with Gasteiger partial charge in [-0.1, -0.05) is 0 Å². The zero-order valence-corrected chi connectivity index (χ0v) is 17.2. The number of aliphatic hydroxyl groups excluding tert-OH is 1. The largest absolute Gasteiger partial charge is 0.493 e. The fourth-order valence-corrected chi connectivity index (χ4v) is 4.82. The van der Waals surface area contributed by atoms with Crippen molar-refractivity contribution in [3.8, 4) is 5.75 Å². The van der Waals surface area contributed by atoms with Gasteiger partial charge in [0.05, 0.1) is 37.2 Å². The quantitative estimate of drug-likeness (QED) is 0.644. The van der Waals surface area contributed by atoms with E-state index in [4.69, 9.17) is 14.6 Å². The topological polar surface area (TPSA) is 84.4 Å². The molecule has 0 radical (unpaired) electrons. The molecule has 1 aromatic heterocycles. The normalized spacial score (nSPS) is 22.1. The molecule has 2 fully saturated rings. The van der Waals surface area contributed by atoms with Crippen LogP contribution in [0.4, 0.5) is 4.39 Å². The summed E-state index contributed by atoms with van der Waals surface area (Å²) in [6.07, 6.45) is 6.57. The molecule has 1 aromatic carbocycles. The molecule has 2 aromatic rings. The minimum absolute atomic E-state index is 0.0148. The molecule has 29 heavy (non-hydrogen) atoms. The van der Waals surface area contributed by atoms with Crippen molar-refractivity contribution >= 4 is 22.7 Å². The van der Waals surface area contributed by atoms with Crippen LogP contribution in [0, 0.1) is 11.7 Å². The molecule has 1 heterocycles. The smallest absolute Gasteiger partial charge is 0.261 e. The highest BCUT2D eigenvalue weighted by Gasteiger charge is 2.23. The summed E-state index contributed by atoms with van der Waals surface area (Å²) in [6, 6.07) is 2.93. The number of nitrogens with one attached hydrogen (secondary N) is 1. The molecule has 0 saturated heterocycles. The van der Waals surface area contributed by atoms with E-state index in [0.717, 1.165) is 38.5 Å². The third-order valence-electron chi connectivity index (χ3n) is 5.49. The molecular weight excluding hydrogens is 395 g/mol. The van der Waals surface area contributed by atoms with Crippen LogP contribution in [-0.2, 0) is 10.5 Å². The van der Waals surface area contributed by atoms with Gasteiger partial charge < -0.3 is 19.6 Å². The maximum absolute atomic E-state index is 14.4. The Kier molecular flexibility index (Phi) is 6.72. The van der Waals surface area contributed by atoms with E-state index in [2.05, 4.69) is 9.97 Å². The first-order chi connectivity index (χ1) is 14.1. The molecule has 0 aliphatic heterocycles. The average Bonchev–Trinajstić information content (AvgIpc) is 3.54. The van der Waals surface area contributed by atoms with Crippen LogP contribution in [0.15, 0.2) is 16.9 Å². The van der Waals surface area contributed by atoms with Gasteiger partial charge in [0.25, 0.3) is 5.56 Å². The third kappa shape index (κ3) is 5.49. The standard InChI is InChI=1S/C21H27FN2O4S/c22-17-9-15(28-11-13-1-2-13)10-18-20(17)21(26)24-19(23-18)12-29-16-5-3-14(4-6-16)27-8-7-25/h9-10,13-14,16,25H,1-8,11-12H2,(H,23,24,26). The fraction of sp³-hybridized carbons (Fsp3) is 0.619. The lowest BCUT2D eigenvalue weighted by atomic mass is 9.97. The van der Waals surface area contributed by atoms with Crippen molar-refractivity contribution in [1.29, 1.82) is 0 Å². The monoisotopic (exact) mass is 422 g/mol. The van der Waals surface area contributed by atoms with Crippen LogP contribution in [0.25, 0.3) is 10.9 Å². The molecule has 0 unspecified atom stereocenters. The summed E-state index contributed by atoms with van der Waals surface area (Å²) < 4.78 is 25.7. The molecule has 158 valence electrons. The van der Waals surface area contributed by atoms with Gasteiger partial charge in [-0.3, -0.25) is 4.79 Å². The maximum atomic E-state index is 14.4. The predicted octanol–water partition coefficient (Wildman–Crippen LogP) is 3.40. The Bertz CT molecular complexity index is 894. The van der Waals surface area contributed by atoms with Crippen molar-refractivity contribution in [3.63, 3.8) is 0 Å². The molecule has 0 spiro atoms. The summed E-state index contributed by atoms with van der Waals surface area (Å²) in [5.41, 5.74) is -0.103. The van der Waals surface area contributed by atoms with E-state index in [1.54, 1.807) is 17.8 Å². The van der Waals surface area contributed by atoms with Crippen molar-refractivity contribution in [3.05, 3.63) is 34.1 Å². The Morgan fingerprint density at radius 3 is 2.72 bits per heavy atom. The molecule has 4 rings (SSSR count). The average molecular weight is 423 g/mol. The van der Waals surface area contributed by atoms with Crippen molar-refractivity contribution in [2.75, 3.05) is 19.8 Å². The minimum Gasteiger partial charge on any atom is -0.493 e. The van der Waals surface area contributed by atoms with Crippen LogP contribution < -0.4 is 10.3 Å². The Morgan fingerprint density at radius 2 is 2.00 bits per heavy atom. The third-order valence-corrected chi connectivity index (χ3v) is 6.87. The Balaban J connectivity index is 1.39. The molecule has 8 heteroatoms. The number of aliphatic hydroxyl groups is 1. The van der Waals surface area contributed by atoms with E-state index in [1.165, 1.54) is 6.07 Å². The van der Waals surface area contributed by atoms with Crippen LogP contribution >= 0.6 is 11.8 Å². The Labute approximate surface area is 173 Å². The lowest BCUT2D eigenvalue weighted by molar-refractivity contribution is 0.00967. The first kappa shape index (κ1) is 20.6. The van der Waals surface area contributed by atoms with Crippen LogP contribution in [0.1, 0.15) is 44.3 Å². The summed E-state index contributed by atoms with van der Waals surface area (Å²) in [7, 11) is 0. The van der Waals surface area contributed by atoms with E-state index >= 15 is 0 Å². The van der Waals surface area contributed by atoms with Crippen molar-refractivity contribution in [1.82, 2.24) is 9.97 Å². The number of thioether (sulfide) groups is 1. The van der Waals surface area contributed by atoms with Crippen molar-refractivity contribution < 1.29 is 19.0 Å². The van der Waals surface area contributed by atoms with Gasteiger partial charge in [-0.05, 0) is 44.4 Å². The highest BCUT2D eigenvalue weighted by molar-refractivity contribution is 7.99. The fourth-order valence-electron chi connectivity index (χ4n) is 3.68. The van der Waals surface area contributed by atoms with Crippen LogP contribution in [-0.4, -0.2) is 46.2 Å². The minimum atomic E-state index is -0.595. The number of nitrogens with zero attached hydrogens (tertiary/aromatic N) is 1. The number of fused-ring (bicyclic) bond motifs is 1. The van der Waals surface area contributed by atoms with Gasteiger partial charge in [-0.15, -0.1) is 0 Å². The van der Waals surface area contributed by atoms with Gasteiger partial charge in [-0.2, -0.15) is 11.8 Å². The van der Waals surface area contributed by atoms with E-state index in [0.29, 0.717) is 47.2 Å². The lowest BCUT2D eigenvalue weighted by Gasteiger charge is -2.27. The van der Waals surface area contributed by atoms with Gasteiger partial charge in [0, 0.05) is 17.4 Å². The molecule has 0 amide bonds. The summed E-state index contributed by atoms with van der Waals surface area (Å²) >= 11 is 1.76. The zero-order chi connectivity index (χ0) is 20.2. The van der Waals surface area contributed by atoms with Gasteiger partial charge in [0.1, 0.15) is 22.8 Å². The first-order valence-electron chi connectivity index (χ1n) is 10.3. The second-order valence-electron chi connectivity index (χ2n) is 7.87. The molecule has 2 saturated carbocycles. The maximum Gasteiger partial charge on any atom is 0.261 e. The van der Waals surface area contributed by atoms with Crippen LogP contribution in [0.5, 0.6) is 5.75 Å². The zero-order valence-electron chi connectivity index (χ0n) is 16.4. The number of hydrogen-bond acceptors (Lipinski definition) is 6. The molecule has 2 aliphatic carbocycles. The molecular formula is C21H27FN2O4S. The van der Waals surface area contributed by atoms with Gasteiger partial charge in [0.15, 0.2) is 0 Å². The number of ether oxygens (including phenoxy) is 2. The van der Waals surface area contributed by atoms with Crippen molar-refractivity contribution in [2.24, 2.45) is 5.92 Å². The second-order valence-corrected chi connectivity index (χ2v) is 9.16. The van der Waals surface area contributed by atoms with E-state index in [1.807, 2.05) is 0 Å². The first-order valence-corrected chi connectivity index (χ1v) is 11.4. The van der Waals surface area contributed by atoms with Gasteiger partial charge >= 0.3 is 0 Å². The summed E-state index contributed by atoms with van der Waals surface area (Å²) in [6.45, 7) is 1.04. The Morgan fingerprint density at radius 1 is 1.21 bits per heavy atom. The molecule has 2 N–H and O–H groups in total. The van der Waals surface area contributed by atoms with Crippen LogP contribution in [0.2, 0.25) is 0 Å². The summed E-state index contributed by atoms with van der Waals surface area (Å²) in [5, 5.41) is 9.32. The predicted molar refractivity (Wildman–Crippen MR) is 111 cm³/mol. The number of halogens is 1. The number of benzene rings is 1. The number of aromatic amines is 1. The number of H-pyrrole nitrogens is 1. The molecule has 6 nitrogen and oxygen atoms in total. The number of aromatic nitrogens is 2. The second kappa shape index (κ2) is 9.45. The highest BCUT2D eigenvalue weighted by atomic mass is 32.2. The molecule has 2 aliphatic rings. The number of hydrogen-bond donors (Lipinski definition) is 2. The van der Waals surface area contributed by atoms with Gasteiger partial charge in [0.2, 0.25) is 0 Å². The highest BCUT2D eigenvalue weighted by Crippen LogP contribution is 2.32. The molecule has 0 bridgehead atoms. The Hall–Kier alpha value is -1.64. The van der Waals surface area contributed by atoms with Gasteiger partial charge in [-0.25, -0.2) is 9.37 Å². The van der Waals surface area contributed by atoms with E-state index in [-0.39, 0.29) is 18.1 Å². The van der Waals surface area contributed by atoms with E-state index in [9.17, 15) is 9.18 Å².